The zero-order valence-corrected chi connectivity index (χ0v) is 8.12. The molecule has 2 atom stereocenters. The Balaban J connectivity index is 2.19. The van der Waals surface area contributed by atoms with Crippen LogP contribution >= 0.6 is 11.8 Å². The summed E-state index contributed by atoms with van der Waals surface area (Å²) in [5, 5.41) is 0.426. The summed E-state index contributed by atoms with van der Waals surface area (Å²) in [5.41, 5.74) is 7.44. The third-order valence-corrected chi connectivity index (χ3v) is 3.68. The first-order chi connectivity index (χ1) is 6.77. The van der Waals surface area contributed by atoms with E-state index in [4.69, 9.17) is 5.73 Å². The summed E-state index contributed by atoms with van der Waals surface area (Å²) in [7, 11) is 0. The van der Waals surface area contributed by atoms with Crippen LogP contribution in [0.15, 0.2) is 29.3 Å². The number of nitrogens with two attached hydrogens (primary N) is 1. The normalized spacial score (nSPS) is 28.6. The number of nitrogens with zero attached hydrogens (tertiary/aromatic N) is 1. The lowest BCUT2D eigenvalue weighted by Gasteiger charge is -2.02. The third-order valence-electron chi connectivity index (χ3n) is 2.60. The highest BCUT2D eigenvalue weighted by Gasteiger charge is 2.43. The molecule has 1 aliphatic carbocycles. The average Bonchev–Trinajstić information content (AvgIpc) is 2.68. The van der Waals surface area contributed by atoms with Crippen molar-refractivity contribution in [2.45, 2.75) is 11.3 Å². The van der Waals surface area contributed by atoms with E-state index in [1.165, 1.54) is 11.8 Å². The first-order valence-corrected chi connectivity index (χ1v) is 5.28. The van der Waals surface area contributed by atoms with E-state index in [9.17, 15) is 4.79 Å². The van der Waals surface area contributed by atoms with Gasteiger partial charge < -0.3 is 5.73 Å². The predicted molar refractivity (Wildman–Crippen MR) is 56.5 cm³/mol. The number of hydrogen-bond acceptors (Lipinski definition) is 4. The summed E-state index contributed by atoms with van der Waals surface area (Å²) in [6, 6.07) is 7.60. The molecule has 2 N–H and O–H groups in total. The summed E-state index contributed by atoms with van der Waals surface area (Å²) in [5.74, 6) is 0.166. The summed E-state index contributed by atoms with van der Waals surface area (Å²) in [6.07, 6.45) is 0. The van der Waals surface area contributed by atoms with Crippen molar-refractivity contribution in [1.82, 2.24) is 0 Å². The minimum Gasteiger partial charge on any atom is -0.378 e. The molecule has 0 amide bonds. The van der Waals surface area contributed by atoms with Crippen molar-refractivity contribution in [2.75, 3.05) is 0 Å². The van der Waals surface area contributed by atoms with Crippen LogP contribution in [0.1, 0.15) is 22.0 Å². The Bertz CT molecular complexity index is 455. The Morgan fingerprint density at radius 2 is 2.14 bits per heavy atom. The summed E-state index contributed by atoms with van der Waals surface area (Å²) >= 11 is 1.38. The Labute approximate surface area is 85.4 Å². The van der Waals surface area contributed by atoms with Gasteiger partial charge in [0.2, 0.25) is 0 Å². The molecule has 4 heteroatoms. The highest BCUT2D eigenvalue weighted by Crippen LogP contribution is 2.44. The van der Waals surface area contributed by atoms with E-state index in [0.717, 1.165) is 11.1 Å². The second-order valence-electron chi connectivity index (χ2n) is 3.40. The summed E-state index contributed by atoms with van der Waals surface area (Å²) in [6.45, 7) is 0. The lowest BCUT2D eigenvalue weighted by atomic mass is 10.1. The van der Waals surface area contributed by atoms with Gasteiger partial charge in [-0.1, -0.05) is 36.0 Å². The van der Waals surface area contributed by atoms with Crippen LogP contribution in [0.2, 0.25) is 0 Å². The fourth-order valence-corrected chi connectivity index (χ4v) is 3.00. The van der Waals surface area contributed by atoms with Gasteiger partial charge in [-0.3, -0.25) is 9.79 Å². The second-order valence-corrected chi connectivity index (χ2v) is 4.56. The van der Waals surface area contributed by atoms with Crippen molar-refractivity contribution in [3.63, 3.8) is 0 Å². The number of carbonyl (C=O) groups is 1. The van der Waals surface area contributed by atoms with Crippen molar-refractivity contribution in [2.24, 2.45) is 10.7 Å². The predicted octanol–water partition coefficient (Wildman–Crippen LogP) is 1.35. The van der Waals surface area contributed by atoms with E-state index in [-0.39, 0.29) is 17.1 Å². The molecule has 0 spiro atoms. The lowest BCUT2D eigenvalue weighted by molar-refractivity contribution is 0.0996. The van der Waals surface area contributed by atoms with Gasteiger partial charge in [0, 0.05) is 5.56 Å². The van der Waals surface area contributed by atoms with Gasteiger partial charge in [-0.15, -0.1) is 0 Å². The monoisotopic (exact) mass is 204 g/mol. The molecule has 0 saturated heterocycles. The van der Waals surface area contributed by atoms with Gasteiger partial charge in [0.25, 0.3) is 0 Å². The Hall–Kier alpha value is -1.29. The van der Waals surface area contributed by atoms with Crippen molar-refractivity contribution in [3.8, 4) is 0 Å². The molecule has 0 aromatic heterocycles. The molecule has 3 nitrogen and oxygen atoms in total. The van der Waals surface area contributed by atoms with Crippen LogP contribution in [0.25, 0.3) is 0 Å². The van der Waals surface area contributed by atoms with Crippen molar-refractivity contribution < 1.29 is 4.79 Å². The van der Waals surface area contributed by atoms with Crippen molar-refractivity contribution in [3.05, 3.63) is 35.4 Å². The third kappa shape index (κ3) is 0.889. The van der Waals surface area contributed by atoms with Gasteiger partial charge in [-0.2, -0.15) is 0 Å². The van der Waals surface area contributed by atoms with E-state index in [2.05, 4.69) is 4.99 Å². The first kappa shape index (κ1) is 8.05. The van der Waals surface area contributed by atoms with Crippen LogP contribution in [0, 0.1) is 0 Å². The van der Waals surface area contributed by atoms with E-state index in [1.54, 1.807) is 0 Å². The van der Waals surface area contributed by atoms with Crippen LogP contribution in [-0.4, -0.2) is 16.2 Å². The highest BCUT2D eigenvalue weighted by atomic mass is 32.2. The molecular formula is C10H8N2OS. The maximum absolute atomic E-state index is 11.9. The molecule has 0 radical (unpaired) electrons. The molecule has 0 saturated carbocycles. The second kappa shape index (κ2) is 2.60. The quantitative estimate of drug-likeness (QED) is 0.694. The minimum absolute atomic E-state index is 0.0382. The largest absolute Gasteiger partial charge is 0.378 e. The van der Waals surface area contributed by atoms with Crippen LogP contribution in [0.5, 0.6) is 0 Å². The molecule has 1 heterocycles. The standard InChI is InChI=1S/C10H8N2OS/c11-10-12-7-5-3-1-2-4-6(5)8(13)9(7)14-10/h1-4,7,9H,(H2,11,12). The molecule has 0 bridgehead atoms. The zero-order chi connectivity index (χ0) is 9.71. The van der Waals surface area contributed by atoms with E-state index >= 15 is 0 Å². The number of amidine groups is 1. The Kier molecular flexibility index (Phi) is 1.50. The number of carbonyl (C=O) groups excluding carboxylic acids is 1. The molecule has 70 valence electrons. The number of Topliss-reactive ketones (excluding diaryl/α,β-unsaturated/α-hetero) is 1. The maximum atomic E-state index is 11.9. The summed E-state index contributed by atoms with van der Waals surface area (Å²) in [4.78, 5) is 16.2. The number of hydrogen-bond donors (Lipinski definition) is 1. The van der Waals surface area contributed by atoms with Gasteiger partial charge in [0.1, 0.15) is 5.25 Å². The van der Waals surface area contributed by atoms with Crippen LogP contribution in [0.3, 0.4) is 0 Å². The van der Waals surface area contributed by atoms with E-state index < -0.39 is 0 Å². The van der Waals surface area contributed by atoms with Gasteiger partial charge in [0.15, 0.2) is 11.0 Å². The summed E-state index contributed by atoms with van der Waals surface area (Å²) < 4.78 is 0. The van der Waals surface area contributed by atoms with Crippen LogP contribution < -0.4 is 5.73 Å². The number of thioether (sulfide) groups is 1. The molecule has 1 aromatic carbocycles. The number of rotatable bonds is 0. The average molecular weight is 204 g/mol. The number of aliphatic imine (C=N–C) groups is 1. The number of benzene rings is 1. The van der Waals surface area contributed by atoms with E-state index in [0.29, 0.717) is 5.17 Å². The van der Waals surface area contributed by atoms with Crippen molar-refractivity contribution >= 4 is 22.7 Å². The SMILES string of the molecule is NC1=NC2c3ccccc3C(=O)C2S1. The topological polar surface area (TPSA) is 55.4 Å². The fourth-order valence-electron chi connectivity index (χ4n) is 1.99. The fraction of sp³-hybridized carbons (Fsp3) is 0.200. The van der Waals surface area contributed by atoms with Crippen LogP contribution in [-0.2, 0) is 0 Å². The van der Waals surface area contributed by atoms with E-state index in [1.807, 2.05) is 24.3 Å². The first-order valence-electron chi connectivity index (χ1n) is 4.40. The molecule has 2 aliphatic rings. The molecular weight excluding hydrogens is 196 g/mol. The number of fused-ring (bicyclic) bond motifs is 3. The molecule has 1 aliphatic heterocycles. The molecule has 1 aromatic rings. The van der Waals surface area contributed by atoms with Gasteiger partial charge in [0.05, 0.1) is 6.04 Å². The molecule has 3 rings (SSSR count). The van der Waals surface area contributed by atoms with Crippen molar-refractivity contribution in [1.29, 1.82) is 0 Å². The maximum Gasteiger partial charge on any atom is 0.179 e. The van der Waals surface area contributed by atoms with Gasteiger partial charge >= 0.3 is 0 Å². The minimum atomic E-state index is -0.104. The zero-order valence-electron chi connectivity index (χ0n) is 7.31. The van der Waals surface area contributed by atoms with Gasteiger partial charge in [-0.25, -0.2) is 0 Å². The van der Waals surface area contributed by atoms with Crippen LogP contribution in [0.4, 0.5) is 0 Å². The molecule has 14 heavy (non-hydrogen) atoms. The lowest BCUT2D eigenvalue weighted by Crippen LogP contribution is -2.13. The highest BCUT2D eigenvalue weighted by molar-refractivity contribution is 8.15. The molecule has 0 fully saturated rings. The van der Waals surface area contributed by atoms with Gasteiger partial charge in [-0.05, 0) is 5.56 Å². The Morgan fingerprint density at radius 1 is 1.36 bits per heavy atom. The number of ketones is 1. The Morgan fingerprint density at radius 3 is 3.00 bits per heavy atom. The molecule has 2 unspecified atom stereocenters. The smallest absolute Gasteiger partial charge is 0.179 e.